The van der Waals surface area contributed by atoms with Gasteiger partial charge < -0.3 is 4.74 Å². The highest BCUT2D eigenvalue weighted by molar-refractivity contribution is 9.10. The molecule has 1 aliphatic carbocycles. The summed E-state index contributed by atoms with van der Waals surface area (Å²) in [6.07, 6.45) is 5.31. The van der Waals surface area contributed by atoms with Gasteiger partial charge in [-0.05, 0) is 25.1 Å². The zero-order valence-electron chi connectivity index (χ0n) is 13.0. The number of nitrogens with zero attached hydrogens (tertiary/aromatic N) is 2. The van der Waals surface area contributed by atoms with Crippen molar-refractivity contribution in [3.05, 3.63) is 52.2 Å². The van der Waals surface area contributed by atoms with Gasteiger partial charge in [-0.3, -0.25) is 0 Å². The van der Waals surface area contributed by atoms with E-state index in [1.165, 1.54) is 16.6 Å². The van der Waals surface area contributed by atoms with Crippen LogP contribution in [0.15, 0.2) is 46.7 Å². The van der Waals surface area contributed by atoms with Crippen molar-refractivity contribution in [2.24, 2.45) is 5.92 Å². The number of benzene rings is 1. The summed E-state index contributed by atoms with van der Waals surface area (Å²) in [4.78, 5) is 27.0. The van der Waals surface area contributed by atoms with Crippen LogP contribution in [0.1, 0.15) is 5.56 Å². The van der Waals surface area contributed by atoms with Crippen molar-refractivity contribution >= 4 is 39.3 Å². The standard InChI is InChI=1S/C17H16BrN2O3/c1-10-12(18)7-5-8-13(10)20-16(21)11-6-4-9-14(23-3)15(11)19(2)17(20)22/h4-9,11H,1-3H3/q+1. The highest BCUT2D eigenvalue weighted by Gasteiger charge is 2.49. The number of halogens is 1. The van der Waals surface area contributed by atoms with E-state index in [9.17, 15) is 9.59 Å². The second-order valence-electron chi connectivity index (χ2n) is 5.38. The van der Waals surface area contributed by atoms with Crippen LogP contribution in [0.2, 0.25) is 0 Å². The van der Waals surface area contributed by atoms with Gasteiger partial charge in [-0.1, -0.05) is 34.1 Å². The molecule has 0 fully saturated rings. The predicted octanol–water partition coefficient (Wildman–Crippen LogP) is 3.02. The van der Waals surface area contributed by atoms with Gasteiger partial charge in [0.2, 0.25) is 0 Å². The van der Waals surface area contributed by atoms with Crippen molar-refractivity contribution in [2.45, 2.75) is 6.92 Å². The number of carbonyl (C=O) groups is 2. The minimum Gasteiger partial charge on any atom is -0.493 e. The molecule has 3 rings (SSSR count). The van der Waals surface area contributed by atoms with Gasteiger partial charge in [0.1, 0.15) is 11.6 Å². The number of allylic oxidation sites excluding steroid dienone is 3. The number of rotatable bonds is 2. The molecule has 3 amide bonds. The first-order valence-electron chi connectivity index (χ1n) is 7.13. The fourth-order valence-corrected chi connectivity index (χ4v) is 3.23. The topological polar surface area (TPSA) is 49.6 Å². The van der Waals surface area contributed by atoms with Gasteiger partial charge in [0.25, 0.3) is 0 Å². The maximum Gasteiger partial charge on any atom is 0.506 e. The molecule has 1 heterocycles. The number of carbonyl (C=O) groups excluding carboxylic acids is 2. The summed E-state index contributed by atoms with van der Waals surface area (Å²) in [7, 11) is 3.19. The zero-order chi connectivity index (χ0) is 16.7. The Hall–Kier alpha value is -2.21. The molecule has 118 valence electrons. The van der Waals surface area contributed by atoms with Crippen LogP contribution in [0.4, 0.5) is 10.5 Å². The largest absolute Gasteiger partial charge is 0.506 e. The molecular formula is C17H16BrN2O3+. The average molecular weight is 376 g/mol. The summed E-state index contributed by atoms with van der Waals surface area (Å²) in [5, 5.41) is 0. The maximum atomic E-state index is 12.9. The molecule has 2 aliphatic rings. The first-order valence-corrected chi connectivity index (χ1v) is 7.93. The molecule has 0 aromatic heterocycles. The van der Waals surface area contributed by atoms with Crippen molar-refractivity contribution in [2.75, 3.05) is 19.1 Å². The Morgan fingerprint density at radius 1 is 1.30 bits per heavy atom. The van der Waals surface area contributed by atoms with E-state index in [0.717, 1.165) is 10.0 Å². The lowest BCUT2D eigenvalue weighted by atomic mass is 9.92. The van der Waals surface area contributed by atoms with Gasteiger partial charge in [0, 0.05) is 10.0 Å². The zero-order valence-corrected chi connectivity index (χ0v) is 14.6. The molecule has 23 heavy (non-hydrogen) atoms. The molecule has 1 aromatic rings. The first-order chi connectivity index (χ1) is 11.0. The number of methoxy groups -OCH3 is 1. The lowest BCUT2D eigenvalue weighted by molar-refractivity contribution is -0.395. The molecule has 0 bridgehead atoms. The van der Waals surface area contributed by atoms with Gasteiger partial charge >= 0.3 is 11.9 Å². The Morgan fingerprint density at radius 2 is 2.04 bits per heavy atom. The third-order valence-electron chi connectivity index (χ3n) is 4.12. The van der Waals surface area contributed by atoms with E-state index in [0.29, 0.717) is 17.2 Å². The Kier molecular flexibility index (Phi) is 3.93. The van der Waals surface area contributed by atoms with Gasteiger partial charge in [-0.2, -0.15) is 9.37 Å². The van der Waals surface area contributed by atoms with E-state index in [-0.39, 0.29) is 11.9 Å². The molecule has 1 aromatic carbocycles. The third-order valence-corrected chi connectivity index (χ3v) is 4.98. The number of urea groups is 1. The van der Waals surface area contributed by atoms with Crippen LogP contribution in [0.25, 0.3) is 0 Å². The Labute approximate surface area is 142 Å². The lowest BCUT2D eigenvalue weighted by Gasteiger charge is -2.27. The van der Waals surface area contributed by atoms with Gasteiger partial charge in [-0.15, -0.1) is 4.90 Å². The summed E-state index contributed by atoms with van der Waals surface area (Å²) < 4.78 is 7.64. The van der Waals surface area contributed by atoms with Crippen LogP contribution in [-0.4, -0.2) is 36.4 Å². The van der Waals surface area contributed by atoms with Crippen LogP contribution >= 0.6 is 15.9 Å². The molecule has 5 nitrogen and oxygen atoms in total. The Balaban J connectivity index is 2.17. The quantitative estimate of drug-likeness (QED) is 0.746. The van der Waals surface area contributed by atoms with E-state index in [2.05, 4.69) is 15.9 Å². The van der Waals surface area contributed by atoms with Crippen molar-refractivity contribution in [3.63, 3.8) is 0 Å². The van der Waals surface area contributed by atoms with Crippen LogP contribution in [-0.2, 0) is 9.53 Å². The van der Waals surface area contributed by atoms with Crippen molar-refractivity contribution in [1.82, 2.24) is 0 Å². The summed E-state index contributed by atoms with van der Waals surface area (Å²) in [5.41, 5.74) is 2.00. The van der Waals surface area contributed by atoms with Crippen LogP contribution in [0, 0.1) is 12.8 Å². The number of ether oxygens (including phenoxy) is 1. The van der Waals surface area contributed by atoms with Gasteiger partial charge in [0.05, 0.1) is 14.2 Å². The highest BCUT2D eigenvalue weighted by Crippen LogP contribution is 2.32. The van der Waals surface area contributed by atoms with Gasteiger partial charge in [0.15, 0.2) is 11.5 Å². The highest BCUT2D eigenvalue weighted by atomic mass is 79.9. The second-order valence-corrected chi connectivity index (χ2v) is 6.24. The number of anilines is 1. The summed E-state index contributed by atoms with van der Waals surface area (Å²) >= 11 is 3.45. The average Bonchev–Trinajstić information content (AvgIpc) is 2.56. The molecule has 0 saturated heterocycles. The van der Waals surface area contributed by atoms with Crippen molar-refractivity contribution < 1.29 is 18.9 Å². The second kappa shape index (κ2) is 5.77. The van der Waals surface area contributed by atoms with E-state index in [1.54, 1.807) is 31.3 Å². The molecule has 1 unspecified atom stereocenters. The SMILES string of the molecule is COC1=CC=CC2C(=O)N(c3cccc(Br)c3C)C(=O)[N+](C)=C12. The molecule has 0 saturated carbocycles. The normalized spacial score (nSPS) is 20.6. The third kappa shape index (κ3) is 2.34. The van der Waals surface area contributed by atoms with E-state index in [4.69, 9.17) is 4.74 Å². The molecule has 1 atom stereocenters. The van der Waals surface area contributed by atoms with Crippen LogP contribution in [0.5, 0.6) is 0 Å². The molecule has 1 aliphatic heterocycles. The number of amides is 3. The minimum atomic E-state index is -0.531. The molecule has 0 N–H and O–H groups in total. The number of hydrogen-bond acceptors (Lipinski definition) is 3. The van der Waals surface area contributed by atoms with Crippen molar-refractivity contribution in [3.8, 4) is 0 Å². The fraction of sp³-hybridized carbons (Fsp3) is 0.235. The summed E-state index contributed by atoms with van der Waals surface area (Å²) in [6.45, 7) is 1.87. The molecule has 0 spiro atoms. The van der Waals surface area contributed by atoms with E-state index in [1.807, 2.05) is 19.1 Å². The monoisotopic (exact) mass is 375 g/mol. The van der Waals surface area contributed by atoms with Crippen LogP contribution < -0.4 is 4.90 Å². The van der Waals surface area contributed by atoms with E-state index < -0.39 is 5.92 Å². The molecular weight excluding hydrogens is 360 g/mol. The number of imide groups is 1. The summed E-state index contributed by atoms with van der Waals surface area (Å²) in [5.74, 6) is -0.272. The Bertz CT molecular complexity index is 808. The number of hydrogen-bond donors (Lipinski definition) is 0. The van der Waals surface area contributed by atoms with E-state index >= 15 is 0 Å². The minimum absolute atomic E-state index is 0.275. The maximum absolute atomic E-state index is 12.9. The fourth-order valence-electron chi connectivity index (χ4n) is 2.88. The molecule has 0 radical (unpaired) electrons. The first kappa shape index (κ1) is 15.7. The smallest absolute Gasteiger partial charge is 0.493 e. The molecule has 6 heteroatoms. The van der Waals surface area contributed by atoms with Crippen molar-refractivity contribution in [1.29, 1.82) is 0 Å². The predicted molar refractivity (Wildman–Crippen MR) is 90.7 cm³/mol. The number of fused-ring (bicyclic) bond motifs is 1. The summed E-state index contributed by atoms with van der Waals surface area (Å²) in [6, 6.07) is 5.07. The van der Waals surface area contributed by atoms with Crippen LogP contribution in [0.3, 0.4) is 0 Å². The Morgan fingerprint density at radius 3 is 2.74 bits per heavy atom. The lowest BCUT2D eigenvalue weighted by Crippen LogP contribution is -2.54. The van der Waals surface area contributed by atoms with Gasteiger partial charge in [-0.25, -0.2) is 4.79 Å².